The Morgan fingerprint density at radius 3 is 2.53 bits per heavy atom. The number of anilines is 1. The number of amides is 3. The first-order valence-corrected chi connectivity index (χ1v) is 13.9. The molecule has 9 heteroatoms. The van der Waals surface area contributed by atoms with Gasteiger partial charge in [0.15, 0.2) is 0 Å². The molecule has 0 radical (unpaired) electrons. The Morgan fingerprint density at radius 2 is 1.89 bits per heavy atom. The Hall–Kier alpha value is -2.68. The highest BCUT2D eigenvalue weighted by molar-refractivity contribution is 6.30. The Kier molecular flexibility index (Phi) is 8.96. The van der Waals surface area contributed by atoms with Crippen molar-refractivity contribution in [3.8, 4) is 0 Å². The number of hydrogen-bond donors (Lipinski definition) is 1. The molecule has 0 saturated carbocycles. The van der Waals surface area contributed by atoms with Crippen LogP contribution < -0.4 is 4.90 Å². The number of carbonyl (C=O) groups is 3. The van der Waals surface area contributed by atoms with E-state index in [0.717, 1.165) is 6.42 Å². The van der Waals surface area contributed by atoms with Crippen LogP contribution in [0, 0.1) is 11.8 Å². The van der Waals surface area contributed by atoms with E-state index >= 15 is 0 Å². The number of ether oxygens (including phenoxy) is 1. The molecule has 1 spiro atoms. The van der Waals surface area contributed by atoms with Gasteiger partial charge in [0, 0.05) is 43.5 Å². The van der Waals surface area contributed by atoms with Crippen molar-refractivity contribution in [2.75, 3.05) is 37.7 Å². The average Bonchev–Trinajstić information content (AvgIpc) is 3.55. The van der Waals surface area contributed by atoms with Crippen LogP contribution in [-0.2, 0) is 19.1 Å². The van der Waals surface area contributed by atoms with E-state index in [1.54, 1.807) is 51.1 Å². The van der Waals surface area contributed by atoms with Crippen LogP contribution >= 0.6 is 11.6 Å². The van der Waals surface area contributed by atoms with Crippen molar-refractivity contribution in [2.45, 2.75) is 56.8 Å². The van der Waals surface area contributed by atoms with Crippen molar-refractivity contribution >= 4 is 35.0 Å². The van der Waals surface area contributed by atoms with E-state index in [2.05, 4.69) is 13.2 Å². The number of carbonyl (C=O) groups excluding carboxylic acids is 3. The molecule has 1 aromatic carbocycles. The van der Waals surface area contributed by atoms with Crippen LogP contribution in [0.3, 0.4) is 0 Å². The van der Waals surface area contributed by atoms with Gasteiger partial charge in [0.1, 0.15) is 11.6 Å². The van der Waals surface area contributed by atoms with Gasteiger partial charge in [-0.3, -0.25) is 14.4 Å². The maximum atomic E-state index is 14.4. The predicted octanol–water partition coefficient (Wildman–Crippen LogP) is 3.43. The van der Waals surface area contributed by atoms with Crippen molar-refractivity contribution in [1.82, 2.24) is 9.80 Å². The summed E-state index contributed by atoms with van der Waals surface area (Å²) in [6, 6.07) is 6.09. The molecular weight excluding hydrogens is 506 g/mol. The highest BCUT2D eigenvalue weighted by atomic mass is 35.5. The summed E-state index contributed by atoms with van der Waals surface area (Å²) >= 11 is 6.09. The van der Waals surface area contributed by atoms with Gasteiger partial charge >= 0.3 is 0 Å². The molecule has 8 nitrogen and oxygen atoms in total. The van der Waals surface area contributed by atoms with Crippen LogP contribution in [0.4, 0.5) is 5.69 Å². The van der Waals surface area contributed by atoms with E-state index in [-0.39, 0.29) is 30.9 Å². The standard InChI is InChI=1S/C29H38ClN3O5/c1-4-15-31(16-5-2)26(35)23-22-13-14-29(38-22)24(23)27(36)33(18-7-8-19-34)25(29)28(37)32(17-6-3)21-11-9-20(30)10-12-21/h4,6,9-12,22-25,34H,1,3,5,7-8,13-19H2,2H3/t22-,23+,24+,25?,29?/m1/s1. The lowest BCUT2D eigenvalue weighted by Crippen LogP contribution is -2.56. The van der Waals surface area contributed by atoms with Gasteiger partial charge in [-0.25, -0.2) is 0 Å². The second kappa shape index (κ2) is 12.0. The molecule has 3 amide bonds. The van der Waals surface area contributed by atoms with Crippen molar-refractivity contribution in [3.05, 3.63) is 54.6 Å². The van der Waals surface area contributed by atoms with Crippen LogP contribution in [0.5, 0.6) is 0 Å². The topological polar surface area (TPSA) is 90.4 Å². The Balaban J connectivity index is 1.74. The fourth-order valence-corrected chi connectivity index (χ4v) is 6.62. The minimum atomic E-state index is -1.07. The van der Waals surface area contributed by atoms with Crippen LogP contribution in [0.1, 0.15) is 39.0 Å². The summed E-state index contributed by atoms with van der Waals surface area (Å²) in [5, 5.41) is 9.92. The van der Waals surface area contributed by atoms with Crippen LogP contribution in [-0.4, -0.2) is 83.2 Å². The number of hydrogen-bond acceptors (Lipinski definition) is 5. The molecule has 5 atom stereocenters. The fourth-order valence-electron chi connectivity index (χ4n) is 6.50. The summed E-state index contributed by atoms with van der Waals surface area (Å²) in [4.78, 5) is 47.2. The van der Waals surface area contributed by atoms with Crippen LogP contribution in [0.15, 0.2) is 49.6 Å². The smallest absolute Gasteiger partial charge is 0.253 e. The molecule has 3 saturated heterocycles. The summed E-state index contributed by atoms with van der Waals surface area (Å²) in [6.45, 7) is 11.1. The summed E-state index contributed by atoms with van der Waals surface area (Å²) in [5.74, 6) is -1.95. The van der Waals surface area contributed by atoms with E-state index in [9.17, 15) is 19.5 Å². The summed E-state index contributed by atoms with van der Waals surface area (Å²) in [5.41, 5.74) is -0.432. The molecule has 3 fully saturated rings. The maximum absolute atomic E-state index is 14.4. The van der Waals surface area contributed by atoms with Crippen LogP contribution in [0.25, 0.3) is 0 Å². The lowest BCUT2D eigenvalue weighted by atomic mass is 9.70. The molecule has 2 unspecified atom stereocenters. The molecule has 1 aromatic rings. The second-order valence-electron chi connectivity index (χ2n) is 10.3. The summed E-state index contributed by atoms with van der Waals surface area (Å²) in [6.07, 6.45) is 5.91. The lowest BCUT2D eigenvalue weighted by Gasteiger charge is -2.37. The number of aliphatic hydroxyl groups is 1. The van der Waals surface area contributed by atoms with Gasteiger partial charge in [-0.15, -0.1) is 13.2 Å². The van der Waals surface area contributed by atoms with Crippen molar-refractivity contribution in [2.24, 2.45) is 11.8 Å². The van der Waals surface area contributed by atoms with E-state index in [4.69, 9.17) is 16.3 Å². The minimum absolute atomic E-state index is 0.00417. The number of rotatable bonds is 13. The third-order valence-corrected chi connectivity index (χ3v) is 8.25. The zero-order valence-corrected chi connectivity index (χ0v) is 22.8. The van der Waals surface area contributed by atoms with E-state index in [1.807, 2.05) is 6.92 Å². The number of unbranched alkanes of at least 4 members (excludes halogenated alkanes) is 1. The monoisotopic (exact) mass is 543 g/mol. The van der Waals surface area contributed by atoms with Gasteiger partial charge in [-0.2, -0.15) is 0 Å². The van der Waals surface area contributed by atoms with Gasteiger partial charge in [0.25, 0.3) is 5.91 Å². The van der Waals surface area contributed by atoms with Crippen molar-refractivity contribution in [1.29, 1.82) is 0 Å². The number of nitrogens with zero attached hydrogens (tertiary/aromatic N) is 3. The van der Waals surface area contributed by atoms with Crippen molar-refractivity contribution < 1.29 is 24.2 Å². The molecule has 3 aliphatic heterocycles. The van der Waals surface area contributed by atoms with E-state index in [0.29, 0.717) is 56.0 Å². The zero-order chi connectivity index (χ0) is 27.4. The molecule has 2 bridgehead atoms. The Labute approximate surface area is 229 Å². The fraction of sp³-hybridized carbons (Fsp3) is 0.552. The highest BCUT2D eigenvalue weighted by Gasteiger charge is 2.74. The van der Waals surface area contributed by atoms with Crippen molar-refractivity contribution in [3.63, 3.8) is 0 Å². The molecule has 206 valence electrons. The second-order valence-corrected chi connectivity index (χ2v) is 10.7. The lowest BCUT2D eigenvalue weighted by molar-refractivity contribution is -0.145. The quantitative estimate of drug-likeness (QED) is 0.304. The number of halogens is 1. The molecule has 38 heavy (non-hydrogen) atoms. The van der Waals surface area contributed by atoms with Gasteiger partial charge in [-0.1, -0.05) is 30.7 Å². The van der Waals surface area contributed by atoms with Gasteiger partial charge < -0.3 is 24.5 Å². The molecule has 1 N–H and O–H groups in total. The molecule has 3 aliphatic rings. The first-order valence-electron chi connectivity index (χ1n) is 13.5. The van der Waals surface area contributed by atoms with Gasteiger partial charge in [0.2, 0.25) is 11.8 Å². The predicted molar refractivity (Wildman–Crippen MR) is 147 cm³/mol. The van der Waals surface area contributed by atoms with Crippen LogP contribution in [0.2, 0.25) is 5.02 Å². The normalized spacial score (nSPS) is 27.3. The van der Waals surface area contributed by atoms with E-state index in [1.165, 1.54) is 0 Å². The molecule has 0 aromatic heterocycles. The van der Waals surface area contributed by atoms with Gasteiger partial charge in [0.05, 0.1) is 17.9 Å². The van der Waals surface area contributed by atoms with Gasteiger partial charge in [-0.05, 0) is 56.4 Å². The molecule has 3 heterocycles. The number of benzene rings is 1. The minimum Gasteiger partial charge on any atom is -0.396 e. The first-order chi connectivity index (χ1) is 18.3. The summed E-state index contributed by atoms with van der Waals surface area (Å²) < 4.78 is 6.57. The SMILES string of the molecule is C=CCN(CCC)C(=O)[C@@H]1[C@H]2C(=O)N(CCCCO)C(C(=O)N(CC=C)c3ccc(Cl)cc3)C23CC[C@H]1O3. The number of fused-ring (bicyclic) bond motifs is 1. The summed E-state index contributed by atoms with van der Waals surface area (Å²) in [7, 11) is 0. The third kappa shape index (κ3) is 4.90. The first kappa shape index (κ1) is 28.3. The number of aliphatic hydroxyl groups excluding tert-OH is 1. The molecule has 4 rings (SSSR count). The zero-order valence-electron chi connectivity index (χ0n) is 22.1. The highest BCUT2D eigenvalue weighted by Crippen LogP contribution is 2.59. The number of likely N-dealkylation sites (tertiary alicyclic amines) is 1. The largest absolute Gasteiger partial charge is 0.396 e. The third-order valence-electron chi connectivity index (χ3n) is 8.00. The Morgan fingerprint density at radius 1 is 1.18 bits per heavy atom. The van der Waals surface area contributed by atoms with E-state index < -0.39 is 29.6 Å². The maximum Gasteiger partial charge on any atom is 0.253 e. The Bertz CT molecular complexity index is 1060. The average molecular weight is 544 g/mol. The molecule has 0 aliphatic carbocycles. The molecular formula is C29H38ClN3O5.